The average molecular weight is 255 g/mol. The van der Waals surface area contributed by atoms with E-state index in [1.54, 1.807) is 12.1 Å². The molecule has 1 aromatic carbocycles. The van der Waals surface area contributed by atoms with Gasteiger partial charge in [0.15, 0.2) is 0 Å². The van der Waals surface area contributed by atoms with Crippen molar-refractivity contribution in [1.82, 2.24) is 5.32 Å². The molecule has 3 unspecified atom stereocenters. The Bertz CT molecular complexity index is 397. The van der Waals surface area contributed by atoms with Crippen LogP contribution in [0.25, 0.3) is 0 Å². The van der Waals surface area contributed by atoms with Gasteiger partial charge < -0.3 is 10.1 Å². The molecule has 0 heterocycles. The molecule has 0 aromatic heterocycles. The summed E-state index contributed by atoms with van der Waals surface area (Å²) in [7, 11) is 0. The summed E-state index contributed by atoms with van der Waals surface area (Å²) in [5.41, 5.74) is 0.791. The molecule has 18 heavy (non-hydrogen) atoms. The number of alkyl halides is 2. The number of para-hydroxylation sites is 1. The molecule has 0 aliphatic heterocycles. The minimum Gasteiger partial charge on any atom is -0.434 e. The second-order valence-corrected chi connectivity index (χ2v) is 4.82. The van der Waals surface area contributed by atoms with Crippen molar-refractivity contribution in [2.75, 3.05) is 0 Å². The number of halogens is 2. The van der Waals surface area contributed by atoms with Gasteiger partial charge in [0.05, 0.1) is 0 Å². The third kappa shape index (κ3) is 3.19. The van der Waals surface area contributed by atoms with E-state index in [1.807, 2.05) is 19.1 Å². The lowest BCUT2D eigenvalue weighted by molar-refractivity contribution is -0.0506. The second kappa shape index (κ2) is 5.65. The highest BCUT2D eigenvalue weighted by molar-refractivity contribution is 5.35. The monoisotopic (exact) mass is 255 g/mol. The van der Waals surface area contributed by atoms with E-state index in [1.165, 1.54) is 12.8 Å². The van der Waals surface area contributed by atoms with Gasteiger partial charge in [-0.2, -0.15) is 8.78 Å². The van der Waals surface area contributed by atoms with Crippen LogP contribution in [-0.2, 0) is 0 Å². The largest absolute Gasteiger partial charge is 0.434 e. The van der Waals surface area contributed by atoms with Crippen LogP contribution in [0.1, 0.15) is 38.3 Å². The minimum atomic E-state index is -2.78. The SMILES string of the molecule is CCC1CC1NC(C)c1ccccc1OC(F)F. The van der Waals surface area contributed by atoms with Crippen molar-refractivity contribution in [3.8, 4) is 5.75 Å². The molecule has 1 saturated carbocycles. The Kier molecular flexibility index (Phi) is 4.17. The van der Waals surface area contributed by atoms with Crippen LogP contribution in [0.4, 0.5) is 8.78 Å². The molecular weight excluding hydrogens is 236 g/mol. The molecule has 1 fully saturated rings. The summed E-state index contributed by atoms with van der Waals surface area (Å²) in [6.45, 7) is 1.38. The van der Waals surface area contributed by atoms with Gasteiger partial charge in [0, 0.05) is 17.6 Å². The van der Waals surface area contributed by atoms with Crippen molar-refractivity contribution in [1.29, 1.82) is 0 Å². The standard InChI is InChI=1S/C14H19F2NO/c1-3-10-8-12(10)17-9(2)11-6-4-5-7-13(11)18-14(15)16/h4-7,9-10,12,14,17H,3,8H2,1-2H3. The predicted molar refractivity (Wildman–Crippen MR) is 66.8 cm³/mol. The molecule has 0 bridgehead atoms. The second-order valence-electron chi connectivity index (χ2n) is 4.82. The minimum absolute atomic E-state index is 0.0292. The van der Waals surface area contributed by atoms with Gasteiger partial charge in [0.25, 0.3) is 0 Å². The van der Waals surface area contributed by atoms with E-state index in [0.717, 1.165) is 11.5 Å². The van der Waals surface area contributed by atoms with Gasteiger partial charge in [-0.1, -0.05) is 31.5 Å². The summed E-state index contributed by atoms with van der Waals surface area (Å²) in [6, 6.07) is 7.52. The first-order valence-corrected chi connectivity index (χ1v) is 6.41. The van der Waals surface area contributed by atoms with E-state index in [4.69, 9.17) is 0 Å². The topological polar surface area (TPSA) is 21.3 Å². The van der Waals surface area contributed by atoms with Gasteiger partial charge in [-0.3, -0.25) is 0 Å². The first kappa shape index (κ1) is 13.3. The van der Waals surface area contributed by atoms with Gasteiger partial charge in [0.1, 0.15) is 5.75 Å². The number of benzene rings is 1. The summed E-state index contributed by atoms with van der Waals surface area (Å²) in [4.78, 5) is 0. The molecule has 2 rings (SSSR count). The van der Waals surface area contributed by atoms with E-state index in [2.05, 4.69) is 17.0 Å². The zero-order valence-electron chi connectivity index (χ0n) is 10.7. The molecule has 1 aliphatic rings. The summed E-state index contributed by atoms with van der Waals surface area (Å²) in [5, 5.41) is 3.46. The maximum Gasteiger partial charge on any atom is 0.387 e. The lowest BCUT2D eigenvalue weighted by Gasteiger charge is -2.18. The van der Waals surface area contributed by atoms with Crippen LogP contribution in [0.15, 0.2) is 24.3 Å². The Morgan fingerprint density at radius 2 is 2.11 bits per heavy atom. The molecule has 1 aliphatic carbocycles. The Morgan fingerprint density at radius 1 is 1.39 bits per heavy atom. The molecular formula is C14H19F2NO. The van der Waals surface area contributed by atoms with Crippen LogP contribution in [0.2, 0.25) is 0 Å². The fraction of sp³-hybridized carbons (Fsp3) is 0.571. The molecule has 4 heteroatoms. The first-order chi connectivity index (χ1) is 8.61. The van der Waals surface area contributed by atoms with Gasteiger partial charge >= 0.3 is 6.61 Å². The smallest absolute Gasteiger partial charge is 0.387 e. The van der Waals surface area contributed by atoms with Crippen molar-refractivity contribution in [2.45, 2.75) is 45.4 Å². The van der Waals surface area contributed by atoms with E-state index in [-0.39, 0.29) is 11.8 Å². The fourth-order valence-electron chi connectivity index (χ4n) is 2.36. The highest BCUT2D eigenvalue weighted by Crippen LogP contribution is 2.36. The third-order valence-electron chi connectivity index (χ3n) is 3.51. The van der Waals surface area contributed by atoms with Crippen molar-refractivity contribution >= 4 is 0 Å². The molecule has 1 N–H and O–H groups in total. The number of hydrogen-bond acceptors (Lipinski definition) is 2. The molecule has 0 radical (unpaired) electrons. The zero-order valence-corrected chi connectivity index (χ0v) is 10.7. The number of nitrogens with one attached hydrogen (secondary N) is 1. The summed E-state index contributed by atoms with van der Waals surface area (Å²) in [5.74, 6) is 0.997. The van der Waals surface area contributed by atoms with Crippen molar-refractivity contribution in [3.05, 3.63) is 29.8 Å². The summed E-state index contributed by atoms with van der Waals surface area (Å²) in [6.07, 6.45) is 2.35. The summed E-state index contributed by atoms with van der Waals surface area (Å²) >= 11 is 0. The summed E-state index contributed by atoms with van der Waals surface area (Å²) < 4.78 is 29.2. The van der Waals surface area contributed by atoms with Gasteiger partial charge in [0.2, 0.25) is 0 Å². The number of rotatable bonds is 6. The number of ether oxygens (including phenoxy) is 1. The first-order valence-electron chi connectivity index (χ1n) is 6.41. The fourth-order valence-corrected chi connectivity index (χ4v) is 2.36. The van der Waals surface area contributed by atoms with E-state index in [9.17, 15) is 8.78 Å². The predicted octanol–water partition coefficient (Wildman–Crippen LogP) is 3.74. The quantitative estimate of drug-likeness (QED) is 0.836. The Balaban J connectivity index is 2.02. The molecule has 2 nitrogen and oxygen atoms in total. The lowest BCUT2D eigenvalue weighted by atomic mass is 10.1. The van der Waals surface area contributed by atoms with Crippen LogP contribution in [0.5, 0.6) is 5.75 Å². The zero-order chi connectivity index (χ0) is 13.1. The molecule has 0 amide bonds. The van der Waals surface area contributed by atoms with Crippen molar-refractivity contribution in [3.63, 3.8) is 0 Å². The van der Waals surface area contributed by atoms with Gasteiger partial charge in [-0.25, -0.2) is 0 Å². The highest BCUT2D eigenvalue weighted by Gasteiger charge is 2.36. The Morgan fingerprint density at radius 3 is 2.72 bits per heavy atom. The van der Waals surface area contributed by atoms with Crippen LogP contribution in [0.3, 0.4) is 0 Å². The molecule has 0 spiro atoms. The maximum atomic E-state index is 12.3. The van der Waals surface area contributed by atoms with Crippen LogP contribution < -0.4 is 10.1 Å². The van der Waals surface area contributed by atoms with E-state index < -0.39 is 6.61 Å². The molecule has 1 aromatic rings. The lowest BCUT2D eigenvalue weighted by Crippen LogP contribution is -2.23. The Hall–Kier alpha value is -1.16. The number of hydrogen-bond donors (Lipinski definition) is 1. The van der Waals surface area contributed by atoms with Crippen molar-refractivity contribution in [2.24, 2.45) is 5.92 Å². The Labute approximate surface area is 106 Å². The third-order valence-corrected chi connectivity index (χ3v) is 3.51. The van der Waals surface area contributed by atoms with Gasteiger partial charge in [-0.05, 0) is 25.3 Å². The van der Waals surface area contributed by atoms with E-state index >= 15 is 0 Å². The van der Waals surface area contributed by atoms with Crippen LogP contribution in [0, 0.1) is 5.92 Å². The van der Waals surface area contributed by atoms with Crippen LogP contribution >= 0.6 is 0 Å². The highest BCUT2D eigenvalue weighted by atomic mass is 19.3. The normalized spacial score (nSPS) is 24.1. The molecule has 0 saturated heterocycles. The molecule has 3 atom stereocenters. The van der Waals surface area contributed by atoms with Gasteiger partial charge in [-0.15, -0.1) is 0 Å². The molecule has 100 valence electrons. The van der Waals surface area contributed by atoms with Crippen LogP contribution in [-0.4, -0.2) is 12.7 Å². The van der Waals surface area contributed by atoms with E-state index in [0.29, 0.717) is 6.04 Å². The average Bonchev–Trinajstić information content (AvgIpc) is 3.07. The van der Waals surface area contributed by atoms with Crippen molar-refractivity contribution < 1.29 is 13.5 Å². The maximum absolute atomic E-state index is 12.3.